The minimum Gasteiger partial charge on any atom is -0.374 e. The molecule has 0 aromatic heterocycles. The van der Waals surface area contributed by atoms with Gasteiger partial charge in [0.25, 0.3) is 0 Å². The molecular weight excluding hydrogens is 230 g/mol. The summed E-state index contributed by atoms with van der Waals surface area (Å²) in [6, 6.07) is 8.95. The Morgan fingerprint density at radius 3 is 2.58 bits per heavy atom. The van der Waals surface area contributed by atoms with Gasteiger partial charge in [0.05, 0.1) is 0 Å². The number of hydrogen-bond acceptors (Lipinski definition) is 1. The standard InChI is InChI=1S/C16H25N.C2H6/c1-3-4-5-6-9-14-12-13-17(2)16-11-8-7-10-15(14)16;1-2/h7-8,10-11,14H,3-6,9,12-13H2,1-2H3;1-2H3. The zero-order chi connectivity index (χ0) is 14.1. The molecule has 0 amide bonds. The molecule has 1 heteroatoms. The molecule has 0 N–H and O–H groups in total. The van der Waals surface area contributed by atoms with Crippen LogP contribution in [0.1, 0.15) is 70.8 Å². The van der Waals surface area contributed by atoms with E-state index in [1.807, 2.05) is 13.8 Å². The smallest absolute Gasteiger partial charge is 0.0399 e. The van der Waals surface area contributed by atoms with Gasteiger partial charge in [-0.25, -0.2) is 0 Å². The molecule has 108 valence electrons. The van der Waals surface area contributed by atoms with Crippen LogP contribution in [-0.4, -0.2) is 13.6 Å². The zero-order valence-corrected chi connectivity index (χ0v) is 13.3. The third-order valence-corrected chi connectivity index (χ3v) is 4.01. The monoisotopic (exact) mass is 261 g/mol. The Bertz CT molecular complexity index is 345. The van der Waals surface area contributed by atoms with Gasteiger partial charge in [0.2, 0.25) is 0 Å². The van der Waals surface area contributed by atoms with E-state index in [1.54, 1.807) is 5.56 Å². The number of benzene rings is 1. The SMILES string of the molecule is CC.CCCCCCC1CCN(C)c2ccccc21. The first-order valence-electron chi connectivity index (χ1n) is 8.13. The molecule has 0 saturated heterocycles. The van der Waals surface area contributed by atoms with E-state index in [-0.39, 0.29) is 0 Å². The van der Waals surface area contributed by atoms with Crippen molar-refractivity contribution >= 4 is 5.69 Å². The van der Waals surface area contributed by atoms with Gasteiger partial charge in [-0.05, 0) is 30.4 Å². The molecule has 19 heavy (non-hydrogen) atoms. The predicted octanol–water partition coefficient (Wildman–Crippen LogP) is 5.61. The van der Waals surface area contributed by atoms with E-state index in [0.717, 1.165) is 5.92 Å². The van der Waals surface area contributed by atoms with Crippen LogP contribution in [0.25, 0.3) is 0 Å². The summed E-state index contributed by atoms with van der Waals surface area (Å²) in [4.78, 5) is 2.40. The highest BCUT2D eigenvalue weighted by Gasteiger charge is 2.21. The number of anilines is 1. The van der Waals surface area contributed by atoms with Crippen LogP contribution in [0, 0.1) is 0 Å². The normalized spacial score (nSPS) is 17.5. The minimum absolute atomic E-state index is 0.805. The molecule has 1 unspecified atom stereocenters. The van der Waals surface area contributed by atoms with Crippen molar-refractivity contribution in [2.24, 2.45) is 0 Å². The van der Waals surface area contributed by atoms with E-state index >= 15 is 0 Å². The molecule has 0 aliphatic carbocycles. The Kier molecular flexibility index (Phi) is 7.62. The Balaban J connectivity index is 0.000000861. The molecule has 0 bridgehead atoms. The fourth-order valence-electron chi connectivity index (χ4n) is 2.92. The molecule has 1 nitrogen and oxygen atoms in total. The van der Waals surface area contributed by atoms with Crippen molar-refractivity contribution in [1.82, 2.24) is 0 Å². The summed E-state index contributed by atoms with van der Waals surface area (Å²) in [7, 11) is 2.21. The van der Waals surface area contributed by atoms with E-state index < -0.39 is 0 Å². The van der Waals surface area contributed by atoms with Crippen molar-refractivity contribution in [2.45, 2.75) is 65.2 Å². The molecule has 1 atom stereocenters. The molecular formula is C18H31N. The van der Waals surface area contributed by atoms with Crippen molar-refractivity contribution in [2.75, 3.05) is 18.5 Å². The Morgan fingerprint density at radius 1 is 1.11 bits per heavy atom. The van der Waals surface area contributed by atoms with Crippen molar-refractivity contribution < 1.29 is 0 Å². The summed E-state index contributed by atoms with van der Waals surface area (Å²) >= 11 is 0. The second kappa shape index (κ2) is 9.01. The highest BCUT2D eigenvalue weighted by Crippen LogP contribution is 2.37. The molecule has 2 rings (SSSR count). The van der Waals surface area contributed by atoms with Gasteiger partial charge in [-0.15, -0.1) is 0 Å². The fraction of sp³-hybridized carbons (Fsp3) is 0.667. The van der Waals surface area contributed by atoms with E-state index in [1.165, 1.54) is 50.8 Å². The van der Waals surface area contributed by atoms with Gasteiger partial charge in [0.1, 0.15) is 0 Å². The average Bonchev–Trinajstić information content (AvgIpc) is 2.48. The third kappa shape index (κ3) is 4.56. The van der Waals surface area contributed by atoms with E-state index in [0.29, 0.717) is 0 Å². The first kappa shape index (κ1) is 16.1. The van der Waals surface area contributed by atoms with Gasteiger partial charge in [-0.3, -0.25) is 0 Å². The van der Waals surface area contributed by atoms with Crippen LogP contribution in [0.2, 0.25) is 0 Å². The number of para-hydroxylation sites is 1. The summed E-state index contributed by atoms with van der Waals surface area (Å²) < 4.78 is 0. The zero-order valence-electron chi connectivity index (χ0n) is 13.3. The summed E-state index contributed by atoms with van der Waals surface area (Å²) in [6.45, 7) is 7.50. The number of unbranched alkanes of at least 4 members (excludes halogenated alkanes) is 3. The van der Waals surface area contributed by atoms with Crippen molar-refractivity contribution in [3.63, 3.8) is 0 Å². The van der Waals surface area contributed by atoms with Crippen LogP contribution < -0.4 is 4.90 Å². The molecule has 1 aliphatic rings. The first-order chi connectivity index (χ1) is 9.33. The van der Waals surface area contributed by atoms with Gasteiger partial charge < -0.3 is 4.90 Å². The van der Waals surface area contributed by atoms with Crippen LogP contribution in [-0.2, 0) is 0 Å². The topological polar surface area (TPSA) is 3.24 Å². The van der Waals surface area contributed by atoms with E-state index in [9.17, 15) is 0 Å². The van der Waals surface area contributed by atoms with Crippen LogP contribution in [0.3, 0.4) is 0 Å². The summed E-state index contributed by atoms with van der Waals surface area (Å²) in [5.41, 5.74) is 3.04. The fourth-order valence-corrected chi connectivity index (χ4v) is 2.92. The van der Waals surface area contributed by atoms with Gasteiger partial charge in [0.15, 0.2) is 0 Å². The maximum atomic E-state index is 2.40. The van der Waals surface area contributed by atoms with Crippen molar-refractivity contribution in [3.8, 4) is 0 Å². The Morgan fingerprint density at radius 2 is 1.84 bits per heavy atom. The van der Waals surface area contributed by atoms with E-state index in [4.69, 9.17) is 0 Å². The van der Waals surface area contributed by atoms with Crippen LogP contribution in [0.5, 0.6) is 0 Å². The third-order valence-electron chi connectivity index (χ3n) is 4.01. The van der Waals surface area contributed by atoms with Gasteiger partial charge in [-0.1, -0.05) is 64.7 Å². The second-order valence-electron chi connectivity index (χ2n) is 5.32. The number of fused-ring (bicyclic) bond motifs is 1. The van der Waals surface area contributed by atoms with Gasteiger partial charge in [0, 0.05) is 19.3 Å². The van der Waals surface area contributed by atoms with Crippen molar-refractivity contribution in [1.29, 1.82) is 0 Å². The lowest BCUT2D eigenvalue weighted by Gasteiger charge is -2.33. The summed E-state index contributed by atoms with van der Waals surface area (Å²) in [5, 5.41) is 0. The second-order valence-corrected chi connectivity index (χ2v) is 5.32. The molecule has 1 aromatic carbocycles. The Hall–Kier alpha value is -0.980. The van der Waals surface area contributed by atoms with Crippen LogP contribution in [0.4, 0.5) is 5.69 Å². The van der Waals surface area contributed by atoms with Gasteiger partial charge >= 0.3 is 0 Å². The lowest BCUT2D eigenvalue weighted by molar-refractivity contribution is 0.512. The number of rotatable bonds is 5. The lowest BCUT2D eigenvalue weighted by atomic mass is 9.86. The van der Waals surface area contributed by atoms with Gasteiger partial charge in [-0.2, -0.15) is 0 Å². The number of hydrogen-bond donors (Lipinski definition) is 0. The average molecular weight is 261 g/mol. The molecule has 1 aliphatic heterocycles. The highest BCUT2D eigenvalue weighted by molar-refractivity contribution is 5.56. The van der Waals surface area contributed by atoms with Crippen molar-refractivity contribution in [3.05, 3.63) is 29.8 Å². The lowest BCUT2D eigenvalue weighted by Crippen LogP contribution is -2.27. The maximum Gasteiger partial charge on any atom is 0.0399 e. The molecule has 1 heterocycles. The molecule has 1 aromatic rings. The number of nitrogens with zero attached hydrogens (tertiary/aromatic N) is 1. The quantitative estimate of drug-likeness (QED) is 0.623. The predicted molar refractivity (Wildman–Crippen MR) is 87.2 cm³/mol. The molecule has 0 fully saturated rings. The molecule has 0 saturated carbocycles. The summed E-state index contributed by atoms with van der Waals surface area (Å²) in [5.74, 6) is 0.805. The minimum atomic E-state index is 0.805. The first-order valence-corrected chi connectivity index (χ1v) is 8.13. The highest BCUT2D eigenvalue weighted by atomic mass is 15.1. The molecule has 0 radical (unpaired) electrons. The maximum absolute atomic E-state index is 2.40. The van der Waals surface area contributed by atoms with Crippen LogP contribution >= 0.6 is 0 Å². The van der Waals surface area contributed by atoms with E-state index in [2.05, 4.69) is 43.1 Å². The summed E-state index contributed by atoms with van der Waals surface area (Å²) in [6.07, 6.45) is 8.25. The largest absolute Gasteiger partial charge is 0.374 e. The Labute approximate surface area is 120 Å². The van der Waals surface area contributed by atoms with Crippen LogP contribution in [0.15, 0.2) is 24.3 Å². The molecule has 0 spiro atoms.